The van der Waals surface area contributed by atoms with Crippen LogP contribution < -0.4 is 24.8 Å². The molecule has 2 N–H and O–H groups in total. The van der Waals surface area contributed by atoms with Gasteiger partial charge in [0.1, 0.15) is 17.2 Å². The van der Waals surface area contributed by atoms with E-state index in [4.69, 9.17) is 14.2 Å². The molecule has 0 saturated heterocycles. The second kappa shape index (κ2) is 9.16. The second-order valence-corrected chi connectivity index (χ2v) is 6.41. The van der Waals surface area contributed by atoms with E-state index in [1.807, 2.05) is 57.2 Å². The first-order chi connectivity index (χ1) is 12.9. The van der Waals surface area contributed by atoms with Crippen molar-refractivity contribution in [1.82, 2.24) is 10.6 Å². The van der Waals surface area contributed by atoms with Gasteiger partial charge in [-0.2, -0.15) is 0 Å². The summed E-state index contributed by atoms with van der Waals surface area (Å²) in [5.41, 5.74) is 2.88. The highest BCUT2D eigenvalue weighted by atomic mass is 16.5. The molecule has 6 nitrogen and oxygen atoms in total. The lowest BCUT2D eigenvalue weighted by molar-refractivity contribution is 0.234. The lowest BCUT2D eigenvalue weighted by atomic mass is 10.0. The Bertz CT molecular complexity index is 792. The Morgan fingerprint density at radius 3 is 1.85 bits per heavy atom. The molecular formula is C21H28N2O4. The van der Waals surface area contributed by atoms with E-state index in [0.29, 0.717) is 11.5 Å². The van der Waals surface area contributed by atoms with Crippen molar-refractivity contribution in [2.75, 3.05) is 21.3 Å². The molecule has 0 aliphatic carbocycles. The summed E-state index contributed by atoms with van der Waals surface area (Å²) in [5.74, 6) is 2.14. The number of nitrogens with one attached hydrogen (secondary N) is 2. The van der Waals surface area contributed by atoms with Crippen molar-refractivity contribution in [3.63, 3.8) is 0 Å². The van der Waals surface area contributed by atoms with Gasteiger partial charge in [0.15, 0.2) is 0 Å². The number of urea groups is 1. The van der Waals surface area contributed by atoms with Gasteiger partial charge in [0.2, 0.25) is 0 Å². The molecule has 0 fully saturated rings. The van der Waals surface area contributed by atoms with Crippen LogP contribution in [-0.4, -0.2) is 27.4 Å². The number of carbonyl (C=O) groups excluding carboxylic acids is 1. The van der Waals surface area contributed by atoms with E-state index in [2.05, 4.69) is 10.6 Å². The van der Waals surface area contributed by atoms with Gasteiger partial charge in [-0.3, -0.25) is 0 Å². The SMILES string of the molecule is COc1ccc(OC)c(C(C)NC(=O)NC(C)c2cc(C)ccc2OC)c1. The first kappa shape index (κ1) is 20.4. The van der Waals surface area contributed by atoms with Gasteiger partial charge >= 0.3 is 6.03 Å². The minimum absolute atomic E-state index is 0.209. The molecule has 2 unspecified atom stereocenters. The molecule has 0 bridgehead atoms. The number of amides is 2. The van der Waals surface area contributed by atoms with E-state index in [9.17, 15) is 4.79 Å². The molecule has 2 aromatic rings. The second-order valence-electron chi connectivity index (χ2n) is 6.41. The van der Waals surface area contributed by atoms with Crippen LogP contribution in [0.1, 0.15) is 42.6 Å². The molecular weight excluding hydrogens is 344 g/mol. The number of benzene rings is 2. The van der Waals surface area contributed by atoms with Gasteiger partial charge in [0.05, 0.1) is 33.4 Å². The highest BCUT2D eigenvalue weighted by molar-refractivity contribution is 5.75. The number of rotatable bonds is 7. The van der Waals surface area contributed by atoms with Crippen LogP contribution >= 0.6 is 0 Å². The Kier molecular flexibility index (Phi) is 6.93. The van der Waals surface area contributed by atoms with Crippen molar-refractivity contribution in [1.29, 1.82) is 0 Å². The Hall–Kier alpha value is -2.89. The summed E-state index contributed by atoms with van der Waals surface area (Å²) in [6.45, 7) is 5.83. The van der Waals surface area contributed by atoms with Crippen LogP contribution in [0, 0.1) is 6.92 Å². The van der Waals surface area contributed by atoms with Crippen LogP contribution in [0.4, 0.5) is 4.79 Å². The third-order valence-corrected chi connectivity index (χ3v) is 4.45. The van der Waals surface area contributed by atoms with Gasteiger partial charge in [-0.15, -0.1) is 0 Å². The van der Waals surface area contributed by atoms with Gasteiger partial charge in [-0.05, 0) is 45.0 Å². The predicted octanol–water partition coefficient (Wildman–Crippen LogP) is 4.14. The molecule has 0 aromatic heterocycles. The zero-order chi connectivity index (χ0) is 20.0. The maximum atomic E-state index is 12.5. The molecule has 2 rings (SSSR count). The molecule has 0 saturated carbocycles. The largest absolute Gasteiger partial charge is 0.497 e. The number of hydrogen-bond donors (Lipinski definition) is 2. The number of carbonyl (C=O) groups is 1. The van der Waals surface area contributed by atoms with Gasteiger partial charge in [-0.25, -0.2) is 4.79 Å². The third-order valence-electron chi connectivity index (χ3n) is 4.45. The van der Waals surface area contributed by atoms with E-state index in [1.165, 1.54) is 0 Å². The van der Waals surface area contributed by atoms with E-state index in [1.54, 1.807) is 21.3 Å². The highest BCUT2D eigenvalue weighted by Crippen LogP contribution is 2.29. The quantitative estimate of drug-likeness (QED) is 0.766. The lowest BCUT2D eigenvalue weighted by Crippen LogP contribution is -2.38. The molecule has 0 heterocycles. The maximum Gasteiger partial charge on any atom is 0.315 e. The normalized spacial score (nSPS) is 12.7. The molecule has 0 aliphatic heterocycles. The molecule has 146 valence electrons. The lowest BCUT2D eigenvalue weighted by Gasteiger charge is -2.22. The molecule has 2 atom stereocenters. The van der Waals surface area contributed by atoms with Crippen molar-refractivity contribution >= 4 is 6.03 Å². The topological polar surface area (TPSA) is 68.8 Å². The fraction of sp³-hybridized carbons (Fsp3) is 0.381. The van der Waals surface area contributed by atoms with E-state index in [0.717, 1.165) is 22.4 Å². The summed E-state index contributed by atoms with van der Waals surface area (Å²) in [7, 11) is 4.83. The van der Waals surface area contributed by atoms with Crippen LogP contribution in [0.25, 0.3) is 0 Å². The molecule has 2 aromatic carbocycles. The molecule has 6 heteroatoms. The van der Waals surface area contributed by atoms with Gasteiger partial charge < -0.3 is 24.8 Å². The van der Waals surface area contributed by atoms with Crippen molar-refractivity contribution in [3.05, 3.63) is 53.1 Å². The number of methoxy groups -OCH3 is 3. The molecule has 2 amide bonds. The van der Waals surface area contributed by atoms with Crippen LogP contribution in [0.5, 0.6) is 17.2 Å². The molecule has 0 radical (unpaired) electrons. The van der Waals surface area contributed by atoms with Crippen molar-refractivity contribution in [3.8, 4) is 17.2 Å². The van der Waals surface area contributed by atoms with Gasteiger partial charge in [-0.1, -0.05) is 17.7 Å². The van der Waals surface area contributed by atoms with Crippen LogP contribution in [0.15, 0.2) is 36.4 Å². The Labute approximate surface area is 160 Å². The average molecular weight is 372 g/mol. The smallest absolute Gasteiger partial charge is 0.315 e. The summed E-state index contributed by atoms with van der Waals surface area (Å²) < 4.78 is 16.1. The number of aryl methyl sites for hydroxylation is 1. The van der Waals surface area contributed by atoms with E-state index >= 15 is 0 Å². The Morgan fingerprint density at radius 2 is 1.33 bits per heavy atom. The monoisotopic (exact) mass is 372 g/mol. The number of hydrogen-bond acceptors (Lipinski definition) is 4. The van der Waals surface area contributed by atoms with Crippen LogP contribution in [0.2, 0.25) is 0 Å². The van der Waals surface area contributed by atoms with E-state index in [-0.39, 0.29) is 18.1 Å². The zero-order valence-corrected chi connectivity index (χ0v) is 16.8. The third kappa shape index (κ3) is 5.06. The summed E-state index contributed by atoms with van der Waals surface area (Å²) in [5, 5.41) is 5.91. The van der Waals surface area contributed by atoms with Crippen molar-refractivity contribution < 1.29 is 19.0 Å². The molecule has 0 aliphatic rings. The van der Waals surface area contributed by atoms with Crippen LogP contribution in [0.3, 0.4) is 0 Å². The van der Waals surface area contributed by atoms with Gasteiger partial charge in [0.25, 0.3) is 0 Å². The molecule has 27 heavy (non-hydrogen) atoms. The average Bonchev–Trinajstić information content (AvgIpc) is 2.67. The fourth-order valence-corrected chi connectivity index (χ4v) is 2.96. The van der Waals surface area contributed by atoms with Crippen molar-refractivity contribution in [2.45, 2.75) is 32.9 Å². The summed E-state index contributed by atoms with van der Waals surface area (Å²) >= 11 is 0. The Morgan fingerprint density at radius 1 is 0.815 bits per heavy atom. The van der Waals surface area contributed by atoms with E-state index < -0.39 is 0 Å². The summed E-state index contributed by atoms with van der Waals surface area (Å²) in [4.78, 5) is 12.5. The summed E-state index contributed by atoms with van der Waals surface area (Å²) in [6, 6.07) is 10.7. The van der Waals surface area contributed by atoms with Crippen LogP contribution in [-0.2, 0) is 0 Å². The standard InChI is InChI=1S/C21H28N2O4/c1-13-7-9-19(26-5)17(11-13)14(2)22-21(24)23-15(3)18-12-16(25-4)8-10-20(18)27-6/h7-12,14-15H,1-6H3,(H2,22,23,24). The summed E-state index contributed by atoms with van der Waals surface area (Å²) in [6.07, 6.45) is 0. The molecule has 0 spiro atoms. The first-order valence-electron chi connectivity index (χ1n) is 8.83. The fourth-order valence-electron chi connectivity index (χ4n) is 2.96. The number of ether oxygens (including phenoxy) is 3. The predicted molar refractivity (Wildman–Crippen MR) is 106 cm³/mol. The first-order valence-corrected chi connectivity index (χ1v) is 8.83. The van der Waals surface area contributed by atoms with Gasteiger partial charge in [0, 0.05) is 11.1 Å². The highest BCUT2D eigenvalue weighted by Gasteiger charge is 2.18. The zero-order valence-electron chi connectivity index (χ0n) is 16.8. The maximum absolute atomic E-state index is 12.5. The minimum atomic E-state index is -0.275. The van der Waals surface area contributed by atoms with Crippen molar-refractivity contribution in [2.24, 2.45) is 0 Å². The Balaban J connectivity index is 2.10. The minimum Gasteiger partial charge on any atom is -0.497 e.